The van der Waals surface area contributed by atoms with Crippen molar-refractivity contribution in [3.05, 3.63) is 53.3 Å². The topological polar surface area (TPSA) is 70.1 Å². The van der Waals surface area contributed by atoms with Gasteiger partial charge >= 0.3 is 0 Å². The summed E-state index contributed by atoms with van der Waals surface area (Å²) in [5.74, 6) is -2.05. The highest BCUT2D eigenvalue weighted by Crippen LogP contribution is 2.42. The third-order valence-corrected chi connectivity index (χ3v) is 5.49. The number of ether oxygens (including phenoxy) is 1. The fourth-order valence-electron chi connectivity index (χ4n) is 4.11. The van der Waals surface area contributed by atoms with Crippen LogP contribution in [0.3, 0.4) is 0 Å². The largest absolute Gasteiger partial charge is 0.504 e. The number of halogens is 1. The van der Waals surface area contributed by atoms with Crippen molar-refractivity contribution in [2.24, 2.45) is 0 Å². The highest BCUT2D eigenvalue weighted by Gasteiger charge is 2.48. The van der Waals surface area contributed by atoms with Crippen LogP contribution in [0.25, 0.3) is 0 Å². The molecule has 0 radical (unpaired) electrons. The summed E-state index contributed by atoms with van der Waals surface area (Å²) in [5, 5.41) is 9.65. The van der Waals surface area contributed by atoms with Gasteiger partial charge in [-0.05, 0) is 62.6 Å². The van der Waals surface area contributed by atoms with Crippen LogP contribution in [0.5, 0.6) is 5.75 Å². The van der Waals surface area contributed by atoms with Gasteiger partial charge in [0.15, 0.2) is 24.0 Å². The molecule has 152 valence electrons. The van der Waals surface area contributed by atoms with Crippen molar-refractivity contribution >= 4 is 23.6 Å². The van der Waals surface area contributed by atoms with Crippen LogP contribution in [0, 0.1) is 5.82 Å². The molecule has 1 N–H and O–H groups in total. The lowest BCUT2D eigenvalue weighted by molar-refractivity contribution is -0.123. The van der Waals surface area contributed by atoms with E-state index in [-0.39, 0.29) is 17.0 Å². The van der Waals surface area contributed by atoms with Crippen LogP contribution in [-0.2, 0) is 9.53 Å². The summed E-state index contributed by atoms with van der Waals surface area (Å²) < 4.78 is 20.0. The van der Waals surface area contributed by atoms with Crippen LogP contribution >= 0.6 is 0 Å². The third-order valence-electron chi connectivity index (χ3n) is 5.49. The van der Waals surface area contributed by atoms with E-state index < -0.39 is 23.4 Å². The molecule has 1 unspecified atom stereocenters. The number of anilines is 2. The highest BCUT2D eigenvalue weighted by atomic mass is 19.1. The molecule has 0 saturated carbocycles. The second-order valence-electron chi connectivity index (χ2n) is 7.89. The molecule has 2 saturated heterocycles. The molecule has 2 heterocycles. The Kier molecular flexibility index (Phi) is 4.78. The maximum absolute atomic E-state index is 14.1. The van der Waals surface area contributed by atoms with E-state index in [0.29, 0.717) is 12.0 Å². The van der Waals surface area contributed by atoms with Gasteiger partial charge in [0.25, 0.3) is 5.91 Å². The van der Waals surface area contributed by atoms with E-state index in [2.05, 4.69) is 4.90 Å². The summed E-state index contributed by atoms with van der Waals surface area (Å²) >= 11 is 0. The van der Waals surface area contributed by atoms with Gasteiger partial charge in [0, 0.05) is 24.5 Å². The Morgan fingerprint density at radius 2 is 1.86 bits per heavy atom. The average molecular weight is 398 g/mol. The van der Waals surface area contributed by atoms with Crippen LogP contribution < -0.4 is 9.80 Å². The van der Waals surface area contributed by atoms with Crippen LogP contribution in [0.2, 0.25) is 0 Å². The minimum atomic E-state index is -1.07. The number of rotatable bonds is 4. The number of carbonyl (C=O) groups excluding carboxylic acids is 2. The number of carbonyl (C=O) groups is 2. The summed E-state index contributed by atoms with van der Waals surface area (Å²) in [6.45, 7) is 5.51. The zero-order valence-corrected chi connectivity index (χ0v) is 16.4. The van der Waals surface area contributed by atoms with Gasteiger partial charge in [0.05, 0.1) is 5.56 Å². The smallest absolute Gasteiger partial charge is 0.263 e. The first-order valence-electron chi connectivity index (χ1n) is 9.66. The zero-order valence-electron chi connectivity index (χ0n) is 16.4. The number of nitrogens with zero attached hydrogens (tertiary/aromatic N) is 2. The number of phenols is 1. The van der Waals surface area contributed by atoms with E-state index in [9.17, 15) is 19.1 Å². The number of phenolic OH excluding ortho intramolecular Hbond substituents is 1. The maximum atomic E-state index is 14.1. The van der Waals surface area contributed by atoms with Gasteiger partial charge in [-0.25, -0.2) is 4.39 Å². The Morgan fingerprint density at radius 3 is 2.55 bits per heavy atom. The standard InChI is InChI=1S/C22H23FN2O4/c1-22(2)25(17-7-5-6-16(12-17)24-8-3-4-9-24)21(28)20(29-22)14-10-15(13-26)19(27)18(23)11-14/h5-7,10-13,20,27H,3-4,8-9H2,1-2H3. The summed E-state index contributed by atoms with van der Waals surface area (Å²) in [4.78, 5) is 28.2. The van der Waals surface area contributed by atoms with Crippen molar-refractivity contribution in [3.63, 3.8) is 0 Å². The normalized spacial score (nSPS) is 21.1. The predicted molar refractivity (Wildman–Crippen MR) is 107 cm³/mol. The maximum Gasteiger partial charge on any atom is 0.263 e. The number of amides is 1. The number of aromatic hydroxyl groups is 1. The Bertz CT molecular complexity index is 969. The number of aldehydes is 1. The van der Waals surface area contributed by atoms with E-state index in [1.54, 1.807) is 18.7 Å². The Morgan fingerprint density at radius 1 is 1.17 bits per heavy atom. The van der Waals surface area contributed by atoms with Crippen LogP contribution in [0.15, 0.2) is 36.4 Å². The summed E-state index contributed by atoms with van der Waals surface area (Å²) in [6, 6.07) is 10.1. The van der Waals surface area contributed by atoms with Gasteiger partial charge in [0.1, 0.15) is 5.72 Å². The van der Waals surface area contributed by atoms with Gasteiger partial charge in [-0.1, -0.05) is 6.07 Å². The van der Waals surface area contributed by atoms with E-state index in [1.807, 2.05) is 24.3 Å². The molecule has 29 heavy (non-hydrogen) atoms. The number of hydrogen-bond donors (Lipinski definition) is 1. The molecule has 0 bridgehead atoms. The molecule has 6 nitrogen and oxygen atoms in total. The quantitative estimate of drug-likeness (QED) is 0.794. The second-order valence-corrected chi connectivity index (χ2v) is 7.89. The first kappa shape index (κ1) is 19.4. The number of benzene rings is 2. The minimum absolute atomic E-state index is 0.193. The van der Waals surface area contributed by atoms with Crippen LogP contribution in [0.1, 0.15) is 48.7 Å². The van der Waals surface area contributed by atoms with Crippen molar-refractivity contribution in [2.75, 3.05) is 22.9 Å². The van der Waals surface area contributed by atoms with Crippen molar-refractivity contribution in [1.29, 1.82) is 0 Å². The molecule has 2 aromatic rings. The SMILES string of the molecule is CC1(C)OC(c2cc(F)c(O)c(C=O)c2)C(=O)N1c1cccc(N2CCCC2)c1. The Balaban J connectivity index is 1.70. The molecule has 2 fully saturated rings. The molecule has 4 rings (SSSR count). The molecule has 2 aliphatic heterocycles. The van der Waals surface area contributed by atoms with Crippen LogP contribution in [-0.4, -0.2) is 36.1 Å². The van der Waals surface area contributed by atoms with E-state index in [0.717, 1.165) is 37.7 Å². The Hall–Kier alpha value is -2.93. The molecular formula is C22H23FN2O4. The molecular weight excluding hydrogens is 375 g/mol. The monoisotopic (exact) mass is 398 g/mol. The lowest BCUT2D eigenvalue weighted by Gasteiger charge is -2.30. The van der Waals surface area contributed by atoms with Gasteiger partial charge in [-0.15, -0.1) is 0 Å². The molecule has 0 spiro atoms. The van der Waals surface area contributed by atoms with Crippen molar-refractivity contribution in [1.82, 2.24) is 0 Å². The van der Waals surface area contributed by atoms with Gasteiger partial charge in [0.2, 0.25) is 0 Å². The molecule has 2 aliphatic rings. The molecule has 1 atom stereocenters. The summed E-state index contributed by atoms with van der Waals surface area (Å²) in [5.41, 5.74) is 0.747. The predicted octanol–water partition coefficient (Wildman–Crippen LogP) is 3.78. The zero-order chi connectivity index (χ0) is 20.8. The summed E-state index contributed by atoms with van der Waals surface area (Å²) in [7, 11) is 0. The first-order chi connectivity index (χ1) is 13.8. The van der Waals surface area contributed by atoms with E-state index >= 15 is 0 Å². The molecule has 0 aromatic heterocycles. The third kappa shape index (κ3) is 3.35. The fourth-order valence-corrected chi connectivity index (χ4v) is 4.11. The lowest BCUT2D eigenvalue weighted by Crippen LogP contribution is -2.41. The van der Waals surface area contributed by atoms with Crippen molar-refractivity contribution in [2.45, 2.75) is 38.5 Å². The highest BCUT2D eigenvalue weighted by molar-refractivity contribution is 6.00. The lowest BCUT2D eigenvalue weighted by atomic mass is 10.0. The van der Waals surface area contributed by atoms with Gasteiger partial charge < -0.3 is 14.7 Å². The molecule has 1 amide bonds. The van der Waals surface area contributed by atoms with Gasteiger partial charge in [-0.3, -0.25) is 14.5 Å². The average Bonchev–Trinajstić information content (AvgIpc) is 3.30. The van der Waals surface area contributed by atoms with Crippen molar-refractivity contribution in [3.8, 4) is 5.75 Å². The molecule has 0 aliphatic carbocycles. The Labute approximate surface area is 168 Å². The van der Waals surface area contributed by atoms with Gasteiger partial charge in [-0.2, -0.15) is 0 Å². The summed E-state index contributed by atoms with van der Waals surface area (Å²) in [6.07, 6.45) is 1.57. The number of hydrogen-bond acceptors (Lipinski definition) is 5. The van der Waals surface area contributed by atoms with Crippen LogP contribution in [0.4, 0.5) is 15.8 Å². The minimum Gasteiger partial charge on any atom is -0.504 e. The first-order valence-corrected chi connectivity index (χ1v) is 9.66. The van der Waals surface area contributed by atoms with E-state index in [1.165, 1.54) is 6.07 Å². The van der Waals surface area contributed by atoms with Crippen molar-refractivity contribution < 1.29 is 23.8 Å². The fraction of sp³-hybridized carbons (Fsp3) is 0.364. The molecule has 2 aromatic carbocycles. The van der Waals surface area contributed by atoms with E-state index in [4.69, 9.17) is 4.74 Å². The second kappa shape index (κ2) is 7.15. The molecule has 7 heteroatoms.